The SMILES string of the molecule is Cc1occc1CN(C)CC1CCC(C)(C)C1N. The van der Waals surface area contributed by atoms with Gasteiger partial charge in [0, 0.05) is 24.7 Å². The second-order valence-corrected chi connectivity index (χ2v) is 6.51. The van der Waals surface area contributed by atoms with Crippen molar-refractivity contribution in [3.8, 4) is 0 Å². The molecule has 2 atom stereocenters. The van der Waals surface area contributed by atoms with Crippen LogP contribution < -0.4 is 5.73 Å². The predicted molar refractivity (Wildman–Crippen MR) is 74.3 cm³/mol. The van der Waals surface area contributed by atoms with Gasteiger partial charge < -0.3 is 15.1 Å². The molecule has 18 heavy (non-hydrogen) atoms. The maximum absolute atomic E-state index is 6.36. The number of hydrogen-bond donors (Lipinski definition) is 1. The van der Waals surface area contributed by atoms with Crippen molar-refractivity contribution < 1.29 is 4.42 Å². The zero-order valence-corrected chi connectivity index (χ0v) is 12.1. The first-order valence-electron chi connectivity index (χ1n) is 6.87. The number of nitrogens with two attached hydrogens (primary N) is 1. The van der Waals surface area contributed by atoms with Gasteiger partial charge in [-0.2, -0.15) is 0 Å². The van der Waals surface area contributed by atoms with Gasteiger partial charge in [0.15, 0.2) is 0 Å². The van der Waals surface area contributed by atoms with E-state index in [-0.39, 0.29) is 0 Å². The van der Waals surface area contributed by atoms with E-state index < -0.39 is 0 Å². The molecule has 3 heteroatoms. The molecule has 0 amide bonds. The zero-order valence-electron chi connectivity index (χ0n) is 12.1. The summed E-state index contributed by atoms with van der Waals surface area (Å²) in [5.74, 6) is 1.65. The van der Waals surface area contributed by atoms with Gasteiger partial charge >= 0.3 is 0 Å². The van der Waals surface area contributed by atoms with Crippen LogP contribution in [0.3, 0.4) is 0 Å². The van der Waals surface area contributed by atoms with Crippen LogP contribution in [0.4, 0.5) is 0 Å². The van der Waals surface area contributed by atoms with Crippen molar-refractivity contribution in [2.75, 3.05) is 13.6 Å². The minimum Gasteiger partial charge on any atom is -0.469 e. The van der Waals surface area contributed by atoms with E-state index in [9.17, 15) is 0 Å². The normalized spacial score (nSPS) is 27.0. The third-order valence-electron chi connectivity index (χ3n) is 4.52. The molecule has 0 aliphatic heterocycles. The van der Waals surface area contributed by atoms with E-state index in [1.54, 1.807) is 6.26 Å². The fourth-order valence-corrected chi connectivity index (χ4v) is 3.08. The van der Waals surface area contributed by atoms with Crippen molar-refractivity contribution in [3.05, 3.63) is 23.7 Å². The van der Waals surface area contributed by atoms with Crippen molar-refractivity contribution in [2.45, 2.75) is 46.2 Å². The van der Waals surface area contributed by atoms with Gasteiger partial charge in [-0.05, 0) is 44.2 Å². The lowest BCUT2D eigenvalue weighted by Crippen LogP contribution is -2.41. The van der Waals surface area contributed by atoms with Crippen LogP contribution in [0.2, 0.25) is 0 Å². The lowest BCUT2D eigenvalue weighted by atomic mass is 9.85. The fraction of sp³-hybridized carbons (Fsp3) is 0.733. The molecule has 0 spiro atoms. The van der Waals surface area contributed by atoms with Gasteiger partial charge in [0.2, 0.25) is 0 Å². The minimum atomic E-state index is 0.303. The van der Waals surface area contributed by atoms with E-state index in [0.717, 1.165) is 18.8 Å². The zero-order chi connectivity index (χ0) is 13.3. The fourth-order valence-electron chi connectivity index (χ4n) is 3.08. The summed E-state index contributed by atoms with van der Waals surface area (Å²) in [5.41, 5.74) is 7.95. The highest BCUT2D eigenvalue weighted by Crippen LogP contribution is 2.40. The molecular weight excluding hydrogens is 224 g/mol. The summed E-state index contributed by atoms with van der Waals surface area (Å²) < 4.78 is 5.34. The Morgan fingerprint density at radius 1 is 1.50 bits per heavy atom. The molecule has 0 bridgehead atoms. The molecule has 0 aromatic carbocycles. The van der Waals surface area contributed by atoms with Crippen LogP contribution in [0.5, 0.6) is 0 Å². The molecule has 102 valence electrons. The quantitative estimate of drug-likeness (QED) is 0.893. The Morgan fingerprint density at radius 2 is 2.22 bits per heavy atom. The van der Waals surface area contributed by atoms with E-state index >= 15 is 0 Å². The van der Waals surface area contributed by atoms with Crippen LogP contribution in [0.25, 0.3) is 0 Å². The standard InChI is InChI=1S/C15H26N2O/c1-11-12(6-8-18-11)9-17(4)10-13-5-7-15(2,3)14(13)16/h6,8,13-14H,5,7,9-10,16H2,1-4H3. The summed E-state index contributed by atoms with van der Waals surface area (Å²) in [6.45, 7) is 8.63. The van der Waals surface area contributed by atoms with E-state index in [4.69, 9.17) is 10.2 Å². The first-order chi connectivity index (χ1) is 8.40. The summed E-state index contributed by atoms with van der Waals surface area (Å²) in [6.07, 6.45) is 4.27. The molecule has 2 rings (SSSR count). The Kier molecular flexibility index (Phi) is 3.83. The maximum atomic E-state index is 6.36. The molecule has 2 unspecified atom stereocenters. The van der Waals surface area contributed by atoms with Crippen LogP contribution in [-0.4, -0.2) is 24.5 Å². The van der Waals surface area contributed by atoms with Crippen LogP contribution in [0.1, 0.15) is 38.0 Å². The number of furan rings is 1. The predicted octanol–water partition coefficient (Wildman–Crippen LogP) is 2.78. The Hall–Kier alpha value is -0.800. The highest BCUT2D eigenvalue weighted by Gasteiger charge is 2.39. The number of hydrogen-bond acceptors (Lipinski definition) is 3. The summed E-state index contributed by atoms with van der Waals surface area (Å²) in [4.78, 5) is 2.36. The smallest absolute Gasteiger partial charge is 0.105 e. The average Bonchev–Trinajstić information content (AvgIpc) is 2.78. The largest absolute Gasteiger partial charge is 0.469 e. The average molecular weight is 250 g/mol. The second kappa shape index (κ2) is 5.06. The lowest BCUT2D eigenvalue weighted by Gasteiger charge is -2.29. The molecule has 1 aliphatic rings. The van der Waals surface area contributed by atoms with Gasteiger partial charge in [-0.1, -0.05) is 13.8 Å². The summed E-state index contributed by atoms with van der Waals surface area (Å²) in [7, 11) is 2.17. The van der Waals surface area contributed by atoms with Crippen LogP contribution >= 0.6 is 0 Å². The van der Waals surface area contributed by atoms with E-state index in [1.165, 1.54) is 18.4 Å². The maximum Gasteiger partial charge on any atom is 0.105 e. The molecule has 1 saturated carbocycles. The van der Waals surface area contributed by atoms with Crippen molar-refractivity contribution in [3.63, 3.8) is 0 Å². The van der Waals surface area contributed by atoms with Gasteiger partial charge in [-0.3, -0.25) is 0 Å². The third-order valence-corrected chi connectivity index (χ3v) is 4.52. The molecule has 1 aromatic heterocycles. The second-order valence-electron chi connectivity index (χ2n) is 6.51. The van der Waals surface area contributed by atoms with E-state index in [2.05, 4.69) is 31.9 Å². The first-order valence-corrected chi connectivity index (χ1v) is 6.87. The van der Waals surface area contributed by atoms with Gasteiger partial charge in [-0.15, -0.1) is 0 Å². The molecule has 0 radical (unpaired) electrons. The summed E-state index contributed by atoms with van der Waals surface area (Å²) >= 11 is 0. The Balaban J connectivity index is 1.89. The highest BCUT2D eigenvalue weighted by molar-refractivity contribution is 5.15. The van der Waals surface area contributed by atoms with E-state index in [0.29, 0.717) is 17.4 Å². The highest BCUT2D eigenvalue weighted by atomic mass is 16.3. The van der Waals surface area contributed by atoms with E-state index in [1.807, 2.05) is 6.92 Å². The van der Waals surface area contributed by atoms with Gasteiger partial charge in [0.1, 0.15) is 5.76 Å². The van der Waals surface area contributed by atoms with Crippen LogP contribution in [-0.2, 0) is 6.54 Å². The summed E-state index contributed by atoms with van der Waals surface area (Å²) in [6, 6.07) is 2.38. The Bertz CT molecular complexity index is 397. The van der Waals surface area contributed by atoms with Crippen LogP contribution in [0, 0.1) is 18.3 Å². The number of aryl methyl sites for hydroxylation is 1. The van der Waals surface area contributed by atoms with Crippen molar-refractivity contribution in [1.82, 2.24) is 4.90 Å². The number of nitrogens with zero attached hydrogens (tertiary/aromatic N) is 1. The summed E-state index contributed by atoms with van der Waals surface area (Å²) in [5, 5.41) is 0. The minimum absolute atomic E-state index is 0.303. The van der Waals surface area contributed by atoms with Gasteiger partial charge in [0.25, 0.3) is 0 Å². The first kappa shape index (κ1) is 13.6. The molecule has 2 N–H and O–H groups in total. The monoisotopic (exact) mass is 250 g/mol. The molecule has 1 fully saturated rings. The number of rotatable bonds is 4. The Morgan fingerprint density at radius 3 is 2.72 bits per heavy atom. The topological polar surface area (TPSA) is 42.4 Å². The molecular formula is C15H26N2O. The van der Waals surface area contributed by atoms with Crippen molar-refractivity contribution >= 4 is 0 Å². The Labute approximate surface area is 110 Å². The molecule has 1 heterocycles. The van der Waals surface area contributed by atoms with Crippen LogP contribution in [0.15, 0.2) is 16.7 Å². The molecule has 0 saturated heterocycles. The third kappa shape index (κ3) is 2.78. The van der Waals surface area contributed by atoms with Gasteiger partial charge in [-0.25, -0.2) is 0 Å². The molecule has 1 aliphatic carbocycles. The lowest BCUT2D eigenvalue weighted by molar-refractivity contribution is 0.228. The molecule has 1 aromatic rings. The van der Waals surface area contributed by atoms with Crippen molar-refractivity contribution in [1.29, 1.82) is 0 Å². The molecule has 3 nitrogen and oxygen atoms in total. The van der Waals surface area contributed by atoms with Crippen molar-refractivity contribution in [2.24, 2.45) is 17.1 Å². The van der Waals surface area contributed by atoms with Gasteiger partial charge in [0.05, 0.1) is 6.26 Å².